The highest BCUT2D eigenvalue weighted by Crippen LogP contribution is 2.25. The highest BCUT2D eigenvalue weighted by molar-refractivity contribution is 7.89. The molecule has 0 aliphatic rings. The summed E-state index contributed by atoms with van der Waals surface area (Å²) in [6.45, 7) is 0.147. The number of carbonyl (C=O) groups excluding carboxylic acids is 1. The molecule has 3 aromatic carbocycles. The first-order valence-corrected chi connectivity index (χ1v) is 12.8. The van der Waals surface area contributed by atoms with E-state index in [1.165, 1.54) is 22.2 Å². The molecule has 9 nitrogen and oxygen atoms in total. The van der Waals surface area contributed by atoms with Crippen molar-refractivity contribution in [2.24, 2.45) is 0 Å². The predicted molar refractivity (Wildman–Crippen MR) is 137 cm³/mol. The number of benzene rings is 3. The number of hydrogen-bond donors (Lipinski definition) is 0. The summed E-state index contributed by atoms with van der Waals surface area (Å²) < 4.78 is 45.8. The Balaban J connectivity index is 1.76. The first-order valence-electron chi connectivity index (χ1n) is 11.4. The monoisotopic (exact) mass is 521 g/mol. The molecule has 1 heterocycles. The number of para-hydroxylation sites is 1. The highest BCUT2D eigenvalue weighted by Gasteiger charge is 2.31. The summed E-state index contributed by atoms with van der Waals surface area (Å²) in [5.74, 6) is 0.630. The van der Waals surface area contributed by atoms with Crippen molar-refractivity contribution >= 4 is 16.0 Å². The molecule has 192 valence electrons. The largest absolute Gasteiger partial charge is 0.497 e. The van der Waals surface area contributed by atoms with Gasteiger partial charge in [0.2, 0.25) is 0 Å². The van der Waals surface area contributed by atoms with Crippen molar-refractivity contribution in [1.82, 2.24) is 14.1 Å². The Morgan fingerprint density at radius 2 is 1.32 bits per heavy atom. The Kier molecular flexibility index (Phi) is 7.90. The van der Waals surface area contributed by atoms with Gasteiger partial charge in [-0.25, -0.2) is 17.9 Å². The predicted octanol–water partition coefficient (Wildman–Crippen LogP) is 4.07. The zero-order valence-electron chi connectivity index (χ0n) is 20.7. The minimum atomic E-state index is -4.15. The number of rotatable bonds is 10. The Labute approximate surface area is 215 Å². The molecule has 0 saturated heterocycles. The number of methoxy groups -OCH3 is 3. The van der Waals surface area contributed by atoms with Crippen LogP contribution in [-0.4, -0.2) is 49.8 Å². The van der Waals surface area contributed by atoms with Gasteiger partial charge in [-0.1, -0.05) is 42.5 Å². The van der Waals surface area contributed by atoms with E-state index in [0.29, 0.717) is 17.2 Å². The number of nitrogens with zero attached hydrogens (tertiary/aromatic N) is 3. The molecule has 4 aromatic rings. The molecule has 0 spiro atoms. The molecule has 10 heteroatoms. The van der Waals surface area contributed by atoms with Gasteiger partial charge < -0.3 is 14.2 Å². The standard InChI is InChI=1S/C27H27N3O6S/c1-34-23-13-9-20(10-14-23)18-29(19-21-11-15-24(35-2)16-12-21)37(32,33)26-17-25(27(31)36-3)30(28-26)22-7-5-4-6-8-22/h4-17H,18-19H2,1-3H3. The molecular weight excluding hydrogens is 494 g/mol. The van der Waals surface area contributed by atoms with Gasteiger partial charge in [0.25, 0.3) is 10.0 Å². The van der Waals surface area contributed by atoms with Crippen LogP contribution in [0.4, 0.5) is 0 Å². The number of esters is 1. The fraction of sp³-hybridized carbons (Fsp3) is 0.185. The molecule has 1 aromatic heterocycles. The second kappa shape index (κ2) is 11.3. The zero-order chi connectivity index (χ0) is 26.4. The first-order chi connectivity index (χ1) is 17.8. The van der Waals surface area contributed by atoms with Gasteiger partial charge in [-0.15, -0.1) is 0 Å². The van der Waals surface area contributed by atoms with Crippen molar-refractivity contribution < 1.29 is 27.4 Å². The maximum atomic E-state index is 13.9. The van der Waals surface area contributed by atoms with Crippen molar-refractivity contribution in [3.8, 4) is 17.2 Å². The third kappa shape index (κ3) is 5.82. The molecule has 0 radical (unpaired) electrons. The highest BCUT2D eigenvalue weighted by atomic mass is 32.2. The average Bonchev–Trinajstić information content (AvgIpc) is 3.40. The van der Waals surface area contributed by atoms with E-state index in [1.54, 1.807) is 87.0 Å². The van der Waals surface area contributed by atoms with Gasteiger partial charge in [0, 0.05) is 19.2 Å². The van der Waals surface area contributed by atoms with Gasteiger partial charge in [0.1, 0.15) is 11.5 Å². The summed E-state index contributed by atoms with van der Waals surface area (Å²) in [4.78, 5) is 12.5. The molecule has 37 heavy (non-hydrogen) atoms. The smallest absolute Gasteiger partial charge is 0.356 e. The van der Waals surface area contributed by atoms with E-state index in [0.717, 1.165) is 11.1 Å². The fourth-order valence-electron chi connectivity index (χ4n) is 3.73. The van der Waals surface area contributed by atoms with Gasteiger partial charge in [-0.2, -0.15) is 9.40 Å². The molecular formula is C27H27N3O6S. The van der Waals surface area contributed by atoms with Crippen LogP contribution in [0.3, 0.4) is 0 Å². The minimum absolute atomic E-state index is 0.00104. The van der Waals surface area contributed by atoms with E-state index in [4.69, 9.17) is 14.2 Å². The lowest BCUT2D eigenvalue weighted by Crippen LogP contribution is -2.30. The molecule has 0 N–H and O–H groups in total. The number of hydrogen-bond acceptors (Lipinski definition) is 7. The van der Waals surface area contributed by atoms with Crippen LogP contribution in [0.1, 0.15) is 21.6 Å². The van der Waals surface area contributed by atoms with E-state index in [-0.39, 0.29) is 23.8 Å². The maximum absolute atomic E-state index is 13.9. The summed E-state index contributed by atoms with van der Waals surface area (Å²) in [6, 6.07) is 24.3. The Bertz CT molecular complexity index is 1400. The molecule has 4 rings (SSSR count). The van der Waals surface area contributed by atoms with Gasteiger partial charge >= 0.3 is 5.97 Å². The van der Waals surface area contributed by atoms with Gasteiger partial charge in [-0.3, -0.25) is 0 Å². The van der Waals surface area contributed by atoms with E-state index in [2.05, 4.69) is 5.10 Å². The van der Waals surface area contributed by atoms with Crippen LogP contribution in [0.5, 0.6) is 11.5 Å². The van der Waals surface area contributed by atoms with E-state index in [1.807, 2.05) is 6.07 Å². The Morgan fingerprint density at radius 1 is 0.811 bits per heavy atom. The number of ether oxygens (including phenoxy) is 3. The van der Waals surface area contributed by atoms with Crippen LogP contribution in [0.15, 0.2) is 90.0 Å². The molecule has 0 aliphatic heterocycles. The molecule has 0 bridgehead atoms. The lowest BCUT2D eigenvalue weighted by atomic mass is 10.2. The molecule has 0 atom stereocenters. The lowest BCUT2D eigenvalue weighted by molar-refractivity contribution is 0.0590. The van der Waals surface area contributed by atoms with Crippen molar-refractivity contribution in [2.75, 3.05) is 21.3 Å². The van der Waals surface area contributed by atoms with Crippen LogP contribution < -0.4 is 9.47 Å². The lowest BCUT2D eigenvalue weighted by Gasteiger charge is -2.21. The number of aromatic nitrogens is 2. The molecule has 0 aliphatic carbocycles. The quantitative estimate of drug-likeness (QED) is 0.290. The second-order valence-electron chi connectivity index (χ2n) is 8.08. The minimum Gasteiger partial charge on any atom is -0.497 e. The third-order valence-corrected chi connectivity index (χ3v) is 7.39. The van der Waals surface area contributed by atoms with E-state index >= 15 is 0 Å². The fourth-order valence-corrected chi connectivity index (χ4v) is 5.08. The molecule has 0 unspecified atom stereocenters. The summed E-state index contributed by atoms with van der Waals surface area (Å²) in [7, 11) is 0.219. The average molecular weight is 522 g/mol. The van der Waals surface area contributed by atoms with Crippen LogP contribution in [0.2, 0.25) is 0 Å². The summed E-state index contributed by atoms with van der Waals surface area (Å²) >= 11 is 0. The topological polar surface area (TPSA) is 100.0 Å². The Morgan fingerprint density at radius 3 is 1.78 bits per heavy atom. The van der Waals surface area contributed by atoms with Crippen LogP contribution >= 0.6 is 0 Å². The summed E-state index contributed by atoms with van der Waals surface area (Å²) in [5.41, 5.74) is 2.05. The number of sulfonamides is 1. The van der Waals surface area contributed by atoms with Gasteiger partial charge in [-0.05, 0) is 47.5 Å². The normalized spacial score (nSPS) is 11.4. The maximum Gasteiger partial charge on any atom is 0.356 e. The van der Waals surface area contributed by atoms with Crippen LogP contribution in [-0.2, 0) is 27.8 Å². The zero-order valence-corrected chi connectivity index (χ0v) is 21.5. The molecule has 0 amide bonds. The van der Waals surface area contributed by atoms with E-state index < -0.39 is 16.0 Å². The van der Waals surface area contributed by atoms with Crippen molar-refractivity contribution in [3.63, 3.8) is 0 Å². The van der Waals surface area contributed by atoms with Crippen molar-refractivity contribution in [1.29, 1.82) is 0 Å². The van der Waals surface area contributed by atoms with Crippen LogP contribution in [0, 0.1) is 0 Å². The number of carbonyl (C=O) groups is 1. The van der Waals surface area contributed by atoms with Crippen molar-refractivity contribution in [2.45, 2.75) is 18.1 Å². The van der Waals surface area contributed by atoms with Crippen molar-refractivity contribution in [3.05, 3.63) is 102 Å². The first kappa shape index (κ1) is 25.9. The second-order valence-corrected chi connectivity index (χ2v) is 9.96. The van der Waals surface area contributed by atoms with Gasteiger partial charge in [0.15, 0.2) is 10.7 Å². The summed E-state index contributed by atoms with van der Waals surface area (Å²) in [6.07, 6.45) is 0. The molecule has 0 saturated carbocycles. The molecule has 0 fully saturated rings. The third-order valence-electron chi connectivity index (χ3n) is 5.72. The Hall–Kier alpha value is -4.15. The van der Waals surface area contributed by atoms with E-state index in [9.17, 15) is 13.2 Å². The summed E-state index contributed by atoms with van der Waals surface area (Å²) in [5, 5.41) is 4.06. The SMILES string of the molecule is COC(=O)c1cc(S(=O)(=O)N(Cc2ccc(OC)cc2)Cc2ccc(OC)cc2)nn1-c1ccccc1. The van der Waals surface area contributed by atoms with Crippen LogP contribution in [0.25, 0.3) is 5.69 Å². The van der Waals surface area contributed by atoms with Gasteiger partial charge in [0.05, 0.1) is 27.0 Å².